The van der Waals surface area contributed by atoms with E-state index in [0.717, 1.165) is 56.1 Å². The molecule has 0 saturated heterocycles. The minimum atomic E-state index is -0.942. The molecule has 4 nitrogen and oxygen atoms in total. The summed E-state index contributed by atoms with van der Waals surface area (Å²) in [6.45, 7) is 4.14. The highest BCUT2D eigenvalue weighted by Crippen LogP contribution is 2.15. The molecule has 0 aliphatic heterocycles. The molecule has 0 heterocycles. The molecule has 0 amide bonds. The minimum absolute atomic E-state index is 0.177. The molecule has 0 rings (SSSR count). The third kappa shape index (κ3) is 23.9. The van der Waals surface area contributed by atoms with Crippen LogP contribution in [0.2, 0.25) is 0 Å². The van der Waals surface area contributed by atoms with Crippen molar-refractivity contribution in [2.45, 2.75) is 141 Å². The molecule has 1 unspecified atom stereocenters. The lowest BCUT2D eigenvalue weighted by Gasteiger charge is -2.32. The Morgan fingerprint density at radius 2 is 1.13 bits per heavy atom. The summed E-state index contributed by atoms with van der Waals surface area (Å²) in [6, 6.07) is 0. The van der Waals surface area contributed by atoms with Crippen LogP contribution in [0.5, 0.6) is 0 Å². The van der Waals surface area contributed by atoms with Crippen LogP contribution in [0.1, 0.15) is 135 Å². The van der Waals surface area contributed by atoms with Crippen LogP contribution in [0.4, 0.5) is 0 Å². The zero-order valence-electron chi connectivity index (χ0n) is 21.3. The van der Waals surface area contributed by atoms with Gasteiger partial charge in [-0.25, -0.2) is 0 Å². The fraction of sp³-hybridized carbons (Fsp3) is 0.963. The molecule has 0 radical (unpaired) electrons. The number of nitrogens with zero attached hydrogens (tertiary/aromatic N) is 1. The third-order valence-corrected chi connectivity index (χ3v) is 6.49. The maximum absolute atomic E-state index is 10.4. The van der Waals surface area contributed by atoms with Crippen LogP contribution in [0.15, 0.2) is 0 Å². The van der Waals surface area contributed by atoms with Gasteiger partial charge in [0.25, 0.3) is 0 Å². The highest BCUT2D eigenvalue weighted by Gasteiger charge is 2.19. The second-order valence-electron chi connectivity index (χ2n) is 10.4. The Bertz CT molecular complexity index is 398. The van der Waals surface area contributed by atoms with Crippen LogP contribution in [-0.2, 0) is 4.79 Å². The molecule has 4 heteroatoms. The van der Waals surface area contributed by atoms with E-state index < -0.39 is 5.97 Å². The van der Waals surface area contributed by atoms with Gasteiger partial charge in [0, 0.05) is 5.97 Å². The summed E-state index contributed by atoms with van der Waals surface area (Å²) >= 11 is 0. The number of aliphatic hydroxyl groups is 1. The first-order valence-corrected chi connectivity index (χ1v) is 13.6. The lowest BCUT2D eigenvalue weighted by atomic mass is 10.0. The Morgan fingerprint density at radius 1 is 0.710 bits per heavy atom. The zero-order chi connectivity index (χ0) is 23.2. The number of aliphatic carboxylic acids is 1. The molecule has 0 aromatic heterocycles. The SMILES string of the molecule is CCCCCCCCCCCCCCCCC(O)C[N+](C)(C)CCCCCCC(=O)[O-]. The van der Waals surface area contributed by atoms with Gasteiger partial charge in [0.15, 0.2) is 0 Å². The van der Waals surface area contributed by atoms with Crippen LogP contribution in [0.3, 0.4) is 0 Å². The molecule has 0 saturated carbocycles. The summed E-state index contributed by atoms with van der Waals surface area (Å²) in [5.74, 6) is -0.942. The monoisotopic (exact) mass is 441 g/mol. The van der Waals surface area contributed by atoms with E-state index in [2.05, 4.69) is 21.0 Å². The van der Waals surface area contributed by atoms with E-state index in [1.165, 1.54) is 83.5 Å². The van der Waals surface area contributed by atoms with Gasteiger partial charge in [-0.05, 0) is 32.1 Å². The number of rotatable bonds is 24. The Kier molecular flexibility index (Phi) is 20.8. The van der Waals surface area contributed by atoms with Crippen molar-refractivity contribution in [3.05, 3.63) is 0 Å². The normalized spacial score (nSPS) is 12.9. The molecule has 186 valence electrons. The lowest BCUT2D eigenvalue weighted by molar-refractivity contribution is -0.893. The van der Waals surface area contributed by atoms with Gasteiger partial charge in [-0.2, -0.15) is 0 Å². The van der Waals surface area contributed by atoms with Gasteiger partial charge in [-0.1, -0.05) is 103 Å². The molecule has 0 fully saturated rings. The molecule has 0 aliphatic rings. The number of carboxylic acids is 1. The standard InChI is InChI=1S/C27H55NO3/c1-4-5-6-7-8-9-10-11-12-13-14-15-16-19-22-26(29)25-28(2,3)24-21-18-17-20-23-27(30)31/h26,29H,4-25H2,1-3H3. The molecule has 1 atom stereocenters. The van der Waals surface area contributed by atoms with Crippen LogP contribution < -0.4 is 5.11 Å². The molecule has 1 N–H and O–H groups in total. The van der Waals surface area contributed by atoms with Gasteiger partial charge in [0.1, 0.15) is 12.6 Å². The van der Waals surface area contributed by atoms with Gasteiger partial charge in [-0.15, -0.1) is 0 Å². The Balaban J connectivity index is 3.44. The first kappa shape index (κ1) is 30.4. The topological polar surface area (TPSA) is 60.4 Å². The van der Waals surface area contributed by atoms with Gasteiger partial charge >= 0.3 is 0 Å². The third-order valence-electron chi connectivity index (χ3n) is 6.49. The summed E-state index contributed by atoms with van der Waals surface area (Å²) < 4.78 is 0.847. The molecule has 0 spiro atoms. The number of carbonyl (C=O) groups excluding carboxylic acids is 1. The highest BCUT2D eigenvalue weighted by atomic mass is 16.4. The Morgan fingerprint density at radius 3 is 1.61 bits per heavy atom. The number of hydrogen-bond donors (Lipinski definition) is 1. The first-order chi connectivity index (χ1) is 14.9. The van der Waals surface area contributed by atoms with E-state index in [1.807, 2.05) is 0 Å². The molecule has 0 aromatic rings. The quantitative estimate of drug-likeness (QED) is 0.148. The number of likely N-dealkylation sites (N-methyl/N-ethyl adjacent to an activating group) is 1. The fourth-order valence-electron chi connectivity index (χ4n) is 4.49. The predicted octanol–water partition coefficient (Wildman–Crippen LogP) is 6.00. The average Bonchev–Trinajstić information content (AvgIpc) is 2.70. The lowest BCUT2D eigenvalue weighted by Crippen LogP contribution is -2.46. The molecule has 0 aliphatic carbocycles. The van der Waals surface area contributed by atoms with Gasteiger partial charge in [0.2, 0.25) is 0 Å². The van der Waals surface area contributed by atoms with Crippen LogP contribution in [0.25, 0.3) is 0 Å². The second-order valence-corrected chi connectivity index (χ2v) is 10.4. The summed E-state index contributed by atoms with van der Waals surface area (Å²) in [6.07, 6.45) is 23.9. The highest BCUT2D eigenvalue weighted by molar-refractivity contribution is 5.63. The van der Waals surface area contributed by atoms with Crippen molar-refractivity contribution >= 4 is 5.97 Å². The molecular formula is C27H55NO3. The van der Waals surface area contributed by atoms with Crippen molar-refractivity contribution in [3.8, 4) is 0 Å². The Hall–Kier alpha value is -0.610. The minimum Gasteiger partial charge on any atom is -0.550 e. The fourth-order valence-corrected chi connectivity index (χ4v) is 4.49. The van der Waals surface area contributed by atoms with Crippen LogP contribution in [-0.4, -0.2) is 48.8 Å². The van der Waals surface area contributed by atoms with E-state index in [0.29, 0.717) is 0 Å². The predicted molar refractivity (Wildman–Crippen MR) is 131 cm³/mol. The van der Waals surface area contributed by atoms with Gasteiger partial charge in [0.05, 0.1) is 20.6 Å². The van der Waals surface area contributed by atoms with E-state index in [9.17, 15) is 15.0 Å². The van der Waals surface area contributed by atoms with Crippen molar-refractivity contribution in [3.63, 3.8) is 0 Å². The molecule has 0 bridgehead atoms. The van der Waals surface area contributed by atoms with E-state index in [1.54, 1.807) is 0 Å². The number of carbonyl (C=O) groups is 1. The van der Waals surface area contributed by atoms with Crippen molar-refractivity contribution in [2.24, 2.45) is 0 Å². The summed E-state index contributed by atoms with van der Waals surface area (Å²) in [4.78, 5) is 10.4. The molecule has 0 aromatic carbocycles. The number of hydrogen-bond acceptors (Lipinski definition) is 3. The second kappa shape index (κ2) is 21.2. The van der Waals surface area contributed by atoms with Crippen molar-refractivity contribution in [1.29, 1.82) is 0 Å². The number of carboxylic acid groups (broad SMARTS) is 1. The zero-order valence-corrected chi connectivity index (χ0v) is 21.3. The summed E-state index contributed by atoms with van der Waals surface area (Å²) in [7, 11) is 4.38. The van der Waals surface area contributed by atoms with E-state index >= 15 is 0 Å². The number of quaternary nitrogens is 1. The van der Waals surface area contributed by atoms with Crippen LogP contribution >= 0.6 is 0 Å². The summed E-state index contributed by atoms with van der Waals surface area (Å²) in [5, 5.41) is 20.8. The van der Waals surface area contributed by atoms with E-state index in [-0.39, 0.29) is 12.5 Å². The molecular weight excluding hydrogens is 386 g/mol. The average molecular weight is 442 g/mol. The van der Waals surface area contributed by atoms with E-state index in [4.69, 9.17) is 0 Å². The van der Waals surface area contributed by atoms with Gasteiger partial charge < -0.3 is 19.5 Å². The number of unbranched alkanes of at least 4 members (excludes halogenated alkanes) is 16. The maximum Gasteiger partial charge on any atom is 0.105 e. The van der Waals surface area contributed by atoms with Gasteiger partial charge in [-0.3, -0.25) is 0 Å². The number of aliphatic hydroxyl groups excluding tert-OH is 1. The van der Waals surface area contributed by atoms with Crippen LogP contribution in [0, 0.1) is 0 Å². The smallest absolute Gasteiger partial charge is 0.105 e. The molecule has 31 heavy (non-hydrogen) atoms. The Labute approximate surface area is 194 Å². The summed E-state index contributed by atoms with van der Waals surface area (Å²) in [5.41, 5.74) is 0. The van der Waals surface area contributed by atoms with Crippen molar-refractivity contribution in [1.82, 2.24) is 0 Å². The first-order valence-electron chi connectivity index (χ1n) is 13.6. The maximum atomic E-state index is 10.4. The van der Waals surface area contributed by atoms with Crippen molar-refractivity contribution < 1.29 is 19.5 Å². The largest absolute Gasteiger partial charge is 0.550 e. The van der Waals surface area contributed by atoms with Crippen molar-refractivity contribution in [2.75, 3.05) is 27.2 Å².